The van der Waals surface area contributed by atoms with Crippen molar-refractivity contribution in [3.63, 3.8) is 0 Å². The number of aromatic nitrogens is 2. The molecule has 2 rings (SSSR count). The standard InChI is InChI=1S/C16H21N5.C2H5NO/c1-10(2)14(17)21-8-7-19-16(15(21)18)20-13-9-11(3)5-6-12(13)4;1-3-2-4/h5-10,17-18H,1-4H3,(H,19,20);2H,1H3,(H,3,4). The van der Waals surface area contributed by atoms with Crippen molar-refractivity contribution < 1.29 is 4.79 Å². The average molecular weight is 342 g/mol. The number of carbonyl (C=O) groups excluding carboxylic acids is 1. The van der Waals surface area contributed by atoms with Gasteiger partial charge in [-0.25, -0.2) is 4.98 Å². The summed E-state index contributed by atoms with van der Waals surface area (Å²) < 4.78 is 1.55. The van der Waals surface area contributed by atoms with E-state index in [1.54, 1.807) is 24.0 Å². The number of carbonyl (C=O) groups is 1. The summed E-state index contributed by atoms with van der Waals surface area (Å²) in [5, 5.41) is 21.8. The van der Waals surface area contributed by atoms with Gasteiger partial charge in [0.2, 0.25) is 6.41 Å². The molecule has 0 atom stereocenters. The lowest BCUT2D eigenvalue weighted by molar-refractivity contribution is -0.109. The number of hydrogen-bond acceptors (Lipinski definition) is 5. The van der Waals surface area contributed by atoms with Crippen molar-refractivity contribution in [2.45, 2.75) is 27.7 Å². The van der Waals surface area contributed by atoms with Crippen LogP contribution < -0.4 is 16.1 Å². The number of nitrogens with zero attached hydrogens (tertiary/aromatic N) is 2. The SMILES string of the molecule is CNC=O.Cc1ccc(C)c(Nc2nccn(C(=N)C(C)C)c2=N)c1. The molecule has 1 heterocycles. The maximum Gasteiger partial charge on any atom is 0.206 e. The van der Waals surface area contributed by atoms with Gasteiger partial charge in [0.05, 0.1) is 0 Å². The summed E-state index contributed by atoms with van der Waals surface area (Å²) in [6.07, 6.45) is 3.89. The second-order valence-corrected chi connectivity index (χ2v) is 5.88. The summed E-state index contributed by atoms with van der Waals surface area (Å²) in [7, 11) is 1.56. The molecule has 0 fully saturated rings. The number of benzene rings is 1. The van der Waals surface area contributed by atoms with Crippen molar-refractivity contribution in [1.29, 1.82) is 10.8 Å². The first-order chi connectivity index (χ1) is 11.8. The van der Waals surface area contributed by atoms with Crippen LogP contribution in [0.15, 0.2) is 30.6 Å². The Morgan fingerprint density at radius 1 is 1.32 bits per heavy atom. The lowest BCUT2D eigenvalue weighted by Crippen LogP contribution is -2.31. The predicted octanol–water partition coefficient (Wildman–Crippen LogP) is 2.57. The topological polar surface area (TPSA) is 107 Å². The number of nitrogens with one attached hydrogen (secondary N) is 4. The van der Waals surface area contributed by atoms with Crippen molar-refractivity contribution in [3.05, 3.63) is 47.2 Å². The minimum atomic E-state index is 0.0510. The quantitative estimate of drug-likeness (QED) is 0.390. The molecule has 0 aliphatic rings. The van der Waals surface area contributed by atoms with Gasteiger partial charge in [-0.15, -0.1) is 0 Å². The summed E-state index contributed by atoms with van der Waals surface area (Å²) in [4.78, 5) is 13.3. The van der Waals surface area contributed by atoms with E-state index in [0.29, 0.717) is 18.1 Å². The Morgan fingerprint density at radius 2 is 1.96 bits per heavy atom. The third kappa shape index (κ3) is 5.56. The van der Waals surface area contributed by atoms with Gasteiger partial charge in [-0.2, -0.15) is 0 Å². The lowest BCUT2D eigenvalue weighted by Gasteiger charge is -2.15. The monoisotopic (exact) mass is 342 g/mol. The summed E-state index contributed by atoms with van der Waals surface area (Å²) in [5.74, 6) is 0.887. The molecule has 25 heavy (non-hydrogen) atoms. The average Bonchev–Trinajstić information content (AvgIpc) is 2.59. The maximum absolute atomic E-state index is 9.06. The van der Waals surface area contributed by atoms with Crippen LogP contribution in [0, 0.1) is 30.6 Å². The molecule has 7 nitrogen and oxygen atoms in total. The Balaban J connectivity index is 0.000000705. The fraction of sp³-hybridized carbons (Fsp3) is 0.333. The predicted molar refractivity (Wildman–Crippen MR) is 100 cm³/mol. The molecule has 2 aromatic rings. The van der Waals surface area contributed by atoms with Gasteiger partial charge in [0.25, 0.3) is 0 Å². The van der Waals surface area contributed by atoms with E-state index in [9.17, 15) is 0 Å². The lowest BCUT2D eigenvalue weighted by atomic mass is 10.1. The van der Waals surface area contributed by atoms with Crippen LogP contribution in [0.2, 0.25) is 0 Å². The van der Waals surface area contributed by atoms with Gasteiger partial charge in [0.1, 0.15) is 5.84 Å². The zero-order chi connectivity index (χ0) is 19.0. The largest absolute Gasteiger partial charge is 0.362 e. The van der Waals surface area contributed by atoms with Crippen molar-refractivity contribution in [2.75, 3.05) is 12.4 Å². The third-order valence-corrected chi connectivity index (χ3v) is 3.45. The summed E-state index contributed by atoms with van der Waals surface area (Å²) in [5.41, 5.74) is 3.37. The van der Waals surface area contributed by atoms with Gasteiger partial charge >= 0.3 is 0 Å². The number of aryl methyl sites for hydroxylation is 2. The Bertz CT molecular complexity index is 794. The smallest absolute Gasteiger partial charge is 0.206 e. The fourth-order valence-electron chi connectivity index (χ4n) is 1.99. The molecular weight excluding hydrogens is 316 g/mol. The molecule has 0 saturated carbocycles. The van der Waals surface area contributed by atoms with E-state index in [2.05, 4.69) is 21.7 Å². The van der Waals surface area contributed by atoms with E-state index in [0.717, 1.165) is 16.8 Å². The first kappa shape index (κ1) is 20.1. The Labute approximate surface area is 148 Å². The molecule has 4 N–H and O–H groups in total. The van der Waals surface area contributed by atoms with Crippen LogP contribution in [0.5, 0.6) is 0 Å². The molecule has 0 aliphatic heterocycles. The summed E-state index contributed by atoms with van der Waals surface area (Å²) >= 11 is 0. The molecule has 0 radical (unpaired) electrons. The second-order valence-electron chi connectivity index (χ2n) is 5.88. The molecule has 0 unspecified atom stereocenters. The van der Waals surface area contributed by atoms with E-state index in [4.69, 9.17) is 15.6 Å². The first-order valence-electron chi connectivity index (χ1n) is 7.98. The van der Waals surface area contributed by atoms with E-state index in [-0.39, 0.29) is 11.4 Å². The molecular formula is C18H26N6O. The molecule has 7 heteroatoms. The maximum atomic E-state index is 9.06. The zero-order valence-corrected chi connectivity index (χ0v) is 15.3. The van der Waals surface area contributed by atoms with Crippen LogP contribution in [0.1, 0.15) is 25.0 Å². The van der Waals surface area contributed by atoms with E-state index in [1.807, 2.05) is 39.8 Å². The highest BCUT2D eigenvalue weighted by Crippen LogP contribution is 2.18. The van der Waals surface area contributed by atoms with Crippen LogP contribution >= 0.6 is 0 Å². The number of rotatable bonds is 4. The molecule has 134 valence electrons. The van der Waals surface area contributed by atoms with Gasteiger partial charge in [-0.1, -0.05) is 26.0 Å². The van der Waals surface area contributed by atoms with Crippen molar-refractivity contribution in [2.24, 2.45) is 5.92 Å². The fourth-order valence-corrected chi connectivity index (χ4v) is 1.99. The van der Waals surface area contributed by atoms with Crippen molar-refractivity contribution in [1.82, 2.24) is 14.9 Å². The van der Waals surface area contributed by atoms with Crippen LogP contribution in [-0.4, -0.2) is 28.8 Å². The van der Waals surface area contributed by atoms with Gasteiger partial charge in [-0.05, 0) is 31.0 Å². The van der Waals surface area contributed by atoms with E-state index in [1.165, 1.54) is 0 Å². The Kier molecular flexibility index (Phi) is 7.52. The van der Waals surface area contributed by atoms with Gasteiger partial charge in [-0.3, -0.25) is 20.2 Å². The van der Waals surface area contributed by atoms with Crippen LogP contribution in [0.25, 0.3) is 0 Å². The number of anilines is 2. The minimum absolute atomic E-state index is 0.0510. The molecule has 0 spiro atoms. The van der Waals surface area contributed by atoms with E-state index < -0.39 is 0 Å². The summed E-state index contributed by atoms with van der Waals surface area (Å²) in [6.45, 7) is 7.91. The molecule has 0 bridgehead atoms. The number of hydrogen-bond donors (Lipinski definition) is 4. The number of amides is 1. The van der Waals surface area contributed by atoms with Gasteiger partial charge in [0.15, 0.2) is 11.3 Å². The first-order valence-corrected chi connectivity index (χ1v) is 7.98. The molecule has 0 saturated heterocycles. The van der Waals surface area contributed by atoms with E-state index >= 15 is 0 Å². The van der Waals surface area contributed by atoms with Crippen LogP contribution in [0.3, 0.4) is 0 Å². The Hall–Kier alpha value is -2.96. The normalized spacial score (nSPS) is 9.84. The van der Waals surface area contributed by atoms with Crippen molar-refractivity contribution in [3.8, 4) is 0 Å². The molecule has 0 aliphatic carbocycles. The summed E-state index contributed by atoms with van der Waals surface area (Å²) in [6, 6.07) is 6.12. The highest BCUT2D eigenvalue weighted by molar-refractivity contribution is 5.83. The second kappa shape index (κ2) is 9.36. The van der Waals surface area contributed by atoms with Crippen LogP contribution in [0.4, 0.5) is 11.5 Å². The highest BCUT2D eigenvalue weighted by Gasteiger charge is 2.09. The molecule has 1 amide bonds. The van der Waals surface area contributed by atoms with Gasteiger partial charge < -0.3 is 10.6 Å². The van der Waals surface area contributed by atoms with Gasteiger partial charge in [0, 0.05) is 31.0 Å². The minimum Gasteiger partial charge on any atom is -0.362 e. The zero-order valence-electron chi connectivity index (χ0n) is 15.3. The molecule has 1 aromatic heterocycles. The Morgan fingerprint density at radius 3 is 2.52 bits per heavy atom. The molecule has 1 aromatic carbocycles. The van der Waals surface area contributed by atoms with Crippen LogP contribution in [-0.2, 0) is 4.79 Å². The third-order valence-electron chi connectivity index (χ3n) is 3.45. The highest BCUT2D eigenvalue weighted by atomic mass is 16.1. The van der Waals surface area contributed by atoms with Crippen molar-refractivity contribution >= 4 is 23.8 Å².